The lowest BCUT2D eigenvalue weighted by Crippen LogP contribution is -2.57. The number of nitrogens with one attached hydrogen (secondary N) is 1. The van der Waals surface area contributed by atoms with Crippen molar-refractivity contribution in [1.82, 2.24) is 9.62 Å². The number of carbonyl (C=O) groups excluding carboxylic acids is 1. The summed E-state index contributed by atoms with van der Waals surface area (Å²) in [5, 5.41) is 11.5. The van der Waals surface area contributed by atoms with Gasteiger partial charge in [0.1, 0.15) is 6.04 Å². The molecule has 1 fully saturated rings. The van der Waals surface area contributed by atoms with Crippen LogP contribution in [-0.2, 0) is 19.6 Å². The van der Waals surface area contributed by atoms with Crippen molar-refractivity contribution in [2.75, 3.05) is 13.1 Å². The standard InChI is InChI=1S/C15H20N2O5S/c1-9-6-10(2)14(11(3)7-9)23(21,22)17-5-4-16-15(20)12(17)8-13(18)19/h6-7,12H,4-5,8H2,1-3H3,(H,16,20)(H,18,19). The van der Waals surface area contributed by atoms with Crippen LogP contribution in [0.25, 0.3) is 0 Å². The third-order valence-corrected chi connectivity index (χ3v) is 6.04. The molecular formula is C15H20N2O5S. The maximum absolute atomic E-state index is 13.0. The largest absolute Gasteiger partial charge is 0.481 e. The first-order valence-electron chi connectivity index (χ1n) is 7.24. The van der Waals surface area contributed by atoms with Crippen molar-refractivity contribution in [2.24, 2.45) is 0 Å². The van der Waals surface area contributed by atoms with Crippen LogP contribution in [0.4, 0.5) is 0 Å². The molecule has 1 amide bonds. The molecule has 8 heteroatoms. The molecule has 1 heterocycles. The highest BCUT2D eigenvalue weighted by atomic mass is 32.2. The van der Waals surface area contributed by atoms with Crippen LogP contribution in [0, 0.1) is 20.8 Å². The first-order chi connectivity index (χ1) is 10.6. The Bertz CT molecular complexity index is 734. The van der Waals surface area contributed by atoms with Crippen LogP contribution in [0.2, 0.25) is 0 Å². The molecule has 2 rings (SSSR count). The second kappa shape index (κ2) is 6.29. The Labute approximate surface area is 135 Å². The lowest BCUT2D eigenvalue weighted by atomic mass is 10.1. The Morgan fingerprint density at radius 3 is 2.39 bits per heavy atom. The Morgan fingerprint density at radius 1 is 1.30 bits per heavy atom. The first-order valence-corrected chi connectivity index (χ1v) is 8.68. The van der Waals surface area contributed by atoms with Gasteiger partial charge in [0, 0.05) is 13.1 Å². The lowest BCUT2D eigenvalue weighted by Gasteiger charge is -2.34. The summed E-state index contributed by atoms with van der Waals surface area (Å²) >= 11 is 0. The maximum atomic E-state index is 13.0. The summed E-state index contributed by atoms with van der Waals surface area (Å²) in [4.78, 5) is 23.1. The molecule has 7 nitrogen and oxygen atoms in total. The van der Waals surface area contributed by atoms with Crippen molar-refractivity contribution < 1.29 is 23.1 Å². The summed E-state index contributed by atoms with van der Waals surface area (Å²) in [5.41, 5.74) is 2.11. The zero-order chi connectivity index (χ0) is 17.4. The minimum atomic E-state index is -3.96. The molecule has 0 saturated carbocycles. The number of benzene rings is 1. The van der Waals surface area contributed by atoms with Gasteiger partial charge in [-0.3, -0.25) is 9.59 Å². The van der Waals surface area contributed by atoms with Crippen LogP contribution in [0.3, 0.4) is 0 Å². The fraction of sp³-hybridized carbons (Fsp3) is 0.467. The Hall–Kier alpha value is -1.93. The molecule has 1 saturated heterocycles. The van der Waals surface area contributed by atoms with Crippen LogP contribution in [0.5, 0.6) is 0 Å². The number of amides is 1. The van der Waals surface area contributed by atoms with Gasteiger partial charge in [-0.25, -0.2) is 8.42 Å². The van der Waals surface area contributed by atoms with Crippen molar-refractivity contribution >= 4 is 21.9 Å². The number of nitrogens with zero attached hydrogens (tertiary/aromatic N) is 1. The maximum Gasteiger partial charge on any atom is 0.305 e. The average Bonchev–Trinajstić information content (AvgIpc) is 2.38. The molecule has 0 radical (unpaired) electrons. The van der Waals surface area contributed by atoms with E-state index in [0.29, 0.717) is 11.1 Å². The molecule has 1 atom stereocenters. The Balaban J connectivity index is 2.53. The van der Waals surface area contributed by atoms with Gasteiger partial charge in [0.25, 0.3) is 0 Å². The number of carboxylic acid groups (broad SMARTS) is 1. The number of hydrogen-bond acceptors (Lipinski definition) is 4. The number of piperazine rings is 1. The summed E-state index contributed by atoms with van der Waals surface area (Å²) < 4.78 is 27.1. The SMILES string of the molecule is Cc1cc(C)c(S(=O)(=O)N2CCNC(=O)C2CC(=O)O)c(C)c1. The van der Waals surface area contributed by atoms with Gasteiger partial charge >= 0.3 is 5.97 Å². The summed E-state index contributed by atoms with van der Waals surface area (Å²) in [6, 6.07) is 2.29. The normalized spacial score (nSPS) is 19.4. The molecule has 2 N–H and O–H groups in total. The summed E-state index contributed by atoms with van der Waals surface area (Å²) in [5.74, 6) is -1.80. The number of hydrogen-bond donors (Lipinski definition) is 2. The number of aryl methyl sites for hydroxylation is 3. The number of aliphatic carboxylic acids is 1. The minimum absolute atomic E-state index is 0.0543. The third kappa shape index (κ3) is 3.37. The molecule has 0 aromatic heterocycles. The smallest absolute Gasteiger partial charge is 0.305 e. The topological polar surface area (TPSA) is 104 Å². The minimum Gasteiger partial charge on any atom is -0.481 e. The molecule has 1 aliphatic rings. The van der Waals surface area contributed by atoms with E-state index in [-0.39, 0.29) is 18.0 Å². The second-order valence-electron chi connectivity index (χ2n) is 5.75. The molecule has 0 aliphatic carbocycles. The van der Waals surface area contributed by atoms with E-state index in [1.165, 1.54) is 0 Å². The van der Waals surface area contributed by atoms with E-state index in [1.807, 2.05) is 6.92 Å². The quantitative estimate of drug-likeness (QED) is 0.834. The molecule has 1 unspecified atom stereocenters. The summed E-state index contributed by atoms with van der Waals surface area (Å²) in [6.07, 6.45) is -0.560. The van der Waals surface area contributed by atoms with Crippen molar-refractivity contribution in [1.29, 1.82) is 0 Å². The predicted molar refractivity (Wildman–Crippen MR) is 83.6 cm³/mol. The van der Waals surface area contributed by atoms with Crippen molar-refractivity contribution in [3.8, 4) is 0 Å². The summed E-state index contributed by atoms with van der Waals surface area (Å²) in [7, 11) is -3.96. The molecule has 0 spiro atoms. The van der Waals surface area contributed by atoms with Gasteiger partial charge in [-0.2, -0.15) is 4.31 Å². The molecule has 23 heavy (non-hydrogen) atoms. The van der Waals surface area contributed by atoms with Crippen LogP contribution in [0.15, 0.2) is 17.0 Å². The van der Waals surface area contributed by atoms with Gasteiger partial charge in [-0.1, -0.05) is 17.7 Å². The predicted octanol–water partition coefficient (Wildman–Crippen LogP) is 0.576. The molecule has 0 bridgehead atoms. The first kappa shape index (κ1) is 17.4. The van der Waals surface area contributed by atoms with Gasteiger partial charge in [0.2, 0.25) is 15.9 Å². The average molecular weight is 340 g/mol. The van der Waals surface area contributed by atoms with E-state index in [2.05, 4.69) is 5.32 Å². The van der Waals surface area contributed by atoms with Gasteiger partial charge in [-0.15, -0.1) is 0 Å². The third-order valence-electron chi connectivity index (χ3n) is 3.82. The zero-order valence-corrected chi connectivity index (χ0v) is 14.1. The van der Waals surface area contributed by atoms with E-state index in [0.717, 1.165) is 9.87 Å². The molecule has 1 aliphatic heterocycles. The van der Waals surface area contributed by atoms with E-state index in [4.69, 9.17) is 5.11 Å². The fourth-order valence-electron chi connectivity index (χ4n) is 3.03. The molecular weight excluding hydrogens is 320 g/mol. The van der Waals surface area contributed by atoms with Gasteiger partial charge in [0.05, 0.1) is 11.3 Å². The van der Waals surface area contributed by atoms with Crippen LogP contribution < -0.4 is 5.32 Å². The van der Waals surface area contributed by atoms with Gasteiger partial charge in [0.15, 0.2) is 0 Å². The van der Waals surface area contributed by atoms with Gasteiger partial charge in [-0.05, 0) is 31.9 Å². The number of sulfonamides is 1. The molecule has 1 aromatic carbocycles. The fourth-order valence-corrected chi connectivity index (χ4v) is 5.04. The van der Waals surface area contributed by atoms with Gasteiger partial charge < -0.3 is 10.4 Å². The van der Waals surface area contributed by atoms with Crippen molar-refractivity contribution in [2.45, 2.75) is 38.1 Å². The van der Waals surface area contributed by atoms with Crippen LogP contribution in [-0.4, -0.2) is 48.8 Å². The highest BCUT2D eigenvalue weighted by Gasteiger charge is 2.40. The van der Waals surface area contributed by atoms with E-state index < -0.39 is 34.4 Å². The molecule has 126 valence electrons. The van der Waals surface area contributed by atoms with Crippen LogP contribution in [0.1, 0.15) is 23.1 Å². The number of rotatable bonds is 4. The summed E-state index contributed by atoms with van der Waals surface area (Å²) in [6.45, 7) is 5.49. The lowest BCUT2D eigenvalue weighted by molar-refractivity contribution is -0.141. The Morgan fingerprint density at radius 2 is 1.87 bits per heavy atom. The highest BCUT2D eigenvalue weighted by molar-refractivity contribution is 7.89. The van der Waals surface area contributed by atoms with Crippen LogP contribution >= 0.6 is 0 Å². The molecule has 1 aromatic rings. The van der Waals surface area contributed by atoms with E-state index >= 15 is 0 Å². The van der Waals surface area contributed by atoms with Crippen molar-refractivity contribution in [3.63, 3.8) is 0 Å². The number of carboxylic acids is 1. The highest BCUT2D eigenvalue weighted by Crippen LogP contribution is 2.28. The van der Waals surface area contributed by atoms with Crippen molar-refractivity contribution in [3.05, 3.63) is 28.8 Å². The van der Waals surface area contributed by atoms with E-state index in [9.17, 15) is 18.0 Å². The monoisotopic (exact) mass is 340 g/mol. The number of carbonyl (C=O) groups is 2. The zero-order valence-electron chi connectivity index (χ0n) is 13.3. The van der Waals surface area contributed by atoms with E-state index in [1.54, 1.807) is 26.0 Å². The Kier molecular flexibility index (Phi) is 4.76. The second-order valence-corrected chi connectivity index (χ2v) is 7.58.